The summed E-state index contributed by atoms with van der Waals surface area (Å²) in [6, 6.07) is 4.63. The molecule has 5 nitrogen and oxygen atoms in total. The van der Waals surface area contributed by atoms with Gasteiger partial charge in [-0.1, -0.05) is 19.9 Å². The van der Waals surface area contributed by atoms with Crippen LogP contribution in [0.15, 0.2) is 18.2 Å². The average Bonchev–Trinajstić information content (AvgIpc) is 2.30. The first-order chi connectivity index (χ1) is 8.45. The second kappa shape index (κ2) is 6.26. The molecular weight excluding hydrogens is 232 g/mol. The molecule has 0 aliphatic carbocycles. The summed E-state index contributed by atoms with van der Waals surface area (Å²) in [5, 5.41) is 12.8. The highest BCUT2D eigenvalue weighted by molar-refractivity contribution is 5.80. The van der Waals surface area contributed by atoms with Gasteiger partial charge in [0, 0.05) is 18.2 Å². The normalized spacial score (nSPS) is 12.4. The van der Waals surface area contributed by atoms with Crippen LogP contribution in [-0.2, 0) is 11.3 Å². The van der Waals surface area contributed by atoms with E-state index in [1.807, 2.05) is 13.8 Å². The van der Waals surface area contributed by atoms with Gasteiger partial charge >= 0.3 is 0 Å². The van der Waals surface area contributed by atoms with Gasteiger partial charge < -0.3 is 20.9 Å². The van der Waals surface area contributed by atoms with Gasteiger partial charge in [0.25, 0.3) is 0 Å². The summed E-state index contributed by atoms with van der Waals surface area (Å²) >= 11 is 0. The molecule has 1 atom stereocenters. The van der Waals surface area contributed by atoms with Crippen molar-refractivity contribution in [2.75, 3.05) is 7.11 Å². The SMILES string of the molecule is COc1ccc(CNC(C(N)=O)C(C)C)c(O)c1. The highest BCUT2D eigenvalue weighted by Gasteiger charge is 2.18. The molecule has 0 aliphatic rings. The van der Waals surface area contributed by atoms with E-state index >= 15 is 0 Å². The highest BCUT2D eigenvalue weighted by atomic mass is 16.5. The van der Waals surface area contributed by atoms with E-state index < -0.39 is 11.9 Å². The lowest BCUT2D eigenvalue weighted by Crippen LogP contribution is -2.44. The topological polar surface area (TPSA) is 84.6 Å². The van der Waals surface area contributed by atoms with Gasteiger partial charge in [-0.3, -0.25) is 4.79 Å². The van der Waals surface area contributed by atoms with Gasteiger partial charge in [-0.2, -0.15) is 0 Å². The van der Waals surface area contributed by atoms with Crippen LogP contribution < -0.4 is 15.8 Å². The van der Waals surface area contributed by atoms with Gasteiger partial charge in [0.1, 0.15) is 11.5 Å². The minimum atomic E-state index is -0.411. The number of methoxy groups -OCH3 is 1. The first-order valence-corrected chi connectivity index (χ1v) is 5.84. The molecule has 100 valence electrons. The minimum Gasteiger partial charge on any atom is -0.507 e. The van der Waals surface area contributed by atoms with Crippen molar-refractivity contribution in [1.29, 1.82) is 0 Å². The van der Waals surface area contributed by atoms with Crippen LogP contribution in [0.5, 0.6) is 11.5 Å². The molecule has 1 aromatic carbocycles. The Kier molecular flexibility index (Phi) is 4.97. The lowest BCUT2D eigenvalue weighted by atomic mass is 10.0. The van der Waals surface area contributed by atoms with Crippen LogP contribution in [0, 0.1) is 5.92 Å². The lowest BCUT2D eigenvalue weighted by molar-refractivity contribution is -0.121. The third-order valence-electron chi connectivity index (χ3n) is 2.78. The highest BCUT2D eigenvalue weighted by Crippen LogP contribution is 2.23. The summed E-state index contributed by atoms with van der Waals surface area (Å²) in [4.78, 5) is 11.2. The Hall–Kier alpha value is -1.75. The fourth-order valence-corrected chi connectivity index (χ4v) is 1.70. The van der Waals surface area contributed by atoms with Gasteiger partial charge in [0.2, 0.25) is 5.91 Å². The number of hydrogen-bond donors (Lipinski definition) is 3. The van der Waals surface area contributed by atoms with Crippen molar-refractivity contribution >= 4 is 5.91 Å². The Morgan fingerprint density at radius 2 is 2.17 bits per heavy atom. The Morgan fingerprint density at radius 3 is 2.61 bits per heavy atom. The van der Waals surface area contributed by atoms with Crippen LogP contribution in [0.1, 0.15) is 19.4 Å². The first-order valence-electron chi connectivity index (χ1n) is 5.84. The third-order valence-corrected chi connectivity index (χ3v) is 2.78. The van der Waals surface area contributed by atoms with Crippen molar-refractivity contribution in [2.24, 2.45) is 11.7 Å². The molecule has 18 heavy (non-hydrogen) atoms. The van der Waals surface area contributed by atoms with Crippen molar-refractivity contribution in [3.8, 4) is 11.5 Å². The van der Waals surface area contributed by atoms with E-state index in [1.54, 1.807) is 12.1 Å². The molecular formula is C13H20N2O3. The predicted molar refractivity (Wildman–Crippen MR) is 69.3 cm³/mol. The van der Waals surface area contributed by atoms with E-state index in [4.69, 9.17) is 10.5 Å². The first kappa shape index (κ1) is 14.3. The average molecular weight is 252 g/mol. The maximum absolute atomic E-state index is 11.2. The predicted octanol–water partition coefficient (Wildman–Crippen LogP) is 1.00. The molecule has 1 rings (SSSR count). The molecule has 0 heterocycles. The number of rotatable bonds is 6. The van der Waals surface area contributed by atoms with Crippen molar-refractivity contribution in [2.45, 2.75) is 26.4 Å². The maximum Gasteiger partial charge on any atom is 0.234 e. The number of carbonyl (C=O) groups excluding carboxylic acids is 1. The van der Waals surface area contributed by atoms with Gasteiger partial charge in [-0.15, -0.1) is 0 Å². The summed E-state index contributed by atoms with van der Waals surface area (Å²) in [6.07, 6.45) is 0. The van der Waals surface area contributed by atoms with E-state index in [0.29, 0.717) is 17.9 Å². The van der Waals surface area contributed by atoms with Crippen LogP contribution in [0.3, 0.4) is 0 Å². The van der Waals surface area contributed by atoms with Crippen LogP contribution in [0.2, 0.25) is 0 Å². The number of phenols is 1. The Labute approximate surface area is 107 Å². The number of aromatic hydroxyl groups is 1. The molecule has 1 amide bonds. The summed E-state index contributed by atoms with van der Waals surface area (Å²) in [5.74, 6) is 0.432. The van der Waals surface area contributed by atoms with E-state index in [-0.39, 0.29) is 11.7 Å². The number of nitrogens with one attached hydrogen (secondary N) is 1. The number of phenolic OH excluding ortho intramolecular Hbond substituents is 1. The van der Waals surface area contributed by atoms with Crippen molar-refractivity contribution in [3.63, 3.8) is 0 Å². The Bertz CT molecular complexity index is 419. The molecule has 0 spiro atoms. The number of nitrogens with two attached hydrogens (primary N) is 1. The minimum absolute atomic E-state index is 0.0999. The monoisotopic (exact) mass is 252 g/mol. The van der Waals surface area contributed by atoms with Gasteiger partial charge in [-0.05, 0) is 12.0 Å². The van der Waals surface area contributed by atoms with Crippen LogP contribution in [0.25, 0.3) is 0 Å². The Balaban J connectivity index is 2.70. The number of benzene rings is 1. The van der Waals surface area contributed by atoms with E-state index in [1.165, 1.54) is 13.2 Å². The van der Waals surface area contributed by atoms with E-state index in [9.17, 15) is 9.90 Å². The third kappa shape index (κ3) is 3.63. The molecule has 0 saturated heterocycles. The summed E-state index contributed by atoms with van der Waals surface area (Å²) < 4.78 is 5.00. The van der Waals surface area contributed by atoms with Crippen molar-refractivity contribution in [3.05, 3.63) is 23.8 Å². The fraction of sp³-hybridized carbons (Fsp3) is 0.462. The quantitative estimate of drug-likeness (QED) is 0.705. The summed E-state index contributed by atoms with van der Waals surface area (Å²) in [6.45, 7) is 4.20. The lowest BCUT2D eigenvalue weighted by Gasteiger charge is -2.19. The second-order valence-corrected chi connectivity index (χ2v) is 4.50. The Morgan fingerprint density at radius 1 is 1.50 bits per heavy atom. The number of amides is 1. The zero-order valence-corrected chi connectivity index (χ0v) is 10.9. The summed E-state index contributed by atoms with van der Waals surface area (Å²) in [7, 11) is 1.54. The number of carbonyl (C=O) groups is 1. The molecule has 0 radical (unpaired) electrons. The van der Waals surface area contributed by atoms with Crippen molar-refractivity contribution in [1.82, 2.24) is 5.32 Å². The second-order valence-electron chi connectivity index (χ2n) is 4.50. The zero-order valence-electron chi connectivity index (χ0n) is 10.9. The molecule has 0 bridgehead atoms. The fourth-order valence-electron chi connectivity index (χ4n) is 1.70. The van der Waals surface area contributed by atoms with Crippen LogP contribution in [0.4, 0.5) is 0 Å². The maximum atomic E-state index is 11.2. The molecule has 1 aromatic rings. The largest absolute Gasteiger partial charge is 0.507 e. The number of hydrogen-bond acceptors (Lipinski definition) is 4. The number of ether oxygens (including phenoxy) is 1. The molecule has 1 unspecified atom stereocenters. The number of primary amides is 1. The van der Waals surface area contributed by atoms with Crippen LogP contribution in [-0.4, -0.2) is 24.2 Å². The molecule has 0 saturated carbocycles. The van der Waals surface area contributed by atoms with Gasteiger partial charge in [0.05, 0.1) is 13.2 Å². The van der Waals surface area contributed by atoms with E-state index in [2.05, 4.69) is 5.32 Å². The molecule has 4 N–H and O–H groups in total. The smallest absolute Gasteiger partial charge is 0.234 e. The standard InChI is InChI=1S/C13H20N2O3/c1-8(2)12(13(14)17)15-7-9-4-5-10(18-3)6-11(9)16/h4-6,8,12,15-16H,7H2,1-3H3,(H2,14,17). The van der Waals surface area contributed by atoms with Gasteiger partial charge in [0.15, 0.2) is 0 Å². The van der Waals surface area contributed by atoms with E-state index in [0.717, 1.165) is 0 Å². The summed E-state index contributed by atoms with van der Waals surface area (Å²) in [5.41, 5.74) is 6.00. The van der Waals surface area contributed by atoms with Crippen LogP contribution >= 0.6 is 0 Å². The zero-order chi connectivity index (χ0) is 13.7. The molecule has 5 heteroatoms. The van der Waals surface area contributed by atoms with Crippen molar-refractivity contribution < 1.29 is 14.6 Å². The van der Waals surface area contributed by atoms with Gasteiger partial charge in [-0.25, -0.2) is 0 Å². The molecule has 0 fully saturated rings. The molecule has 0 aliphatic heterocycles. The molecule has 0 aromatic heterocycles.